The van der Waals surface area contributed by atoms with Gasteiger partial charge in [-0.25, -0.2) is 0 Å². The molecular formula is C12H18N2O. The van der Waals surface area contributed by atoms with Gasteiger partial charge < -0.3 is 10.1 Å². The zero-order valence-corrected chi connectivity index (χ0v) is 9.36. The van der Waals surface area contributed by atoms with Crippen molar-refractivity contribution in [3.8, 4) is 5.75 Å². The Hall–Kier alpha value is -1.09. The van der Waals surface area contributed by atoms with E-state index in [0.29, 0.717) is 6.04 Å². The molecule has 1 aromatic rings. The molecule has 0 spiro atoms. The molecule has 1 N–H and O–H groups in total. The van der Waals surface area contributed by atoms with Crippen LogP contribution in [0.2, 0.25) is 0 Å². The average molecular weight is 206 g/mol. The van der Waals surface area contributed by atoms with E-state index in [-0.39, 0.29) is 0 Å². The molecule has 3 heteroatoms. The number of hydrogen-bond acceptors (Lipinski definition) is 3. The SMILES string of the molecule is CNC(C)c1ccc(OCC2CC2)cn1. The van der Waals surface area contributed by atoms with Crippen molar-refractivity contribution < 1.29 is 4.74 Å². The Kier molecular flexibility index (Phi) is 3.21. The summed E-state index contributed by atoms with van der Waals surface area (Å²) in [6.07, 6.45) is 4.45. The minimum Gasteiger partial charge on any atom is -0.492 e. The molecule has 3 nitrogen and oxygen atoms in total. The Bertz CT molecular complexity index is 306. The molecule has 0 bridgehead atoms. The van der Waals surface area contributed by atoms with E-state index in [9.17, 15) is 0 Å². The first-order chi connectivity index (χ1) is 7.29. The van der Waals surface area contributed by atoms with Crippen LogP contribution in [0.1, 0.15) is 31.5 Å². The lowest BCUT2D eigenvalue weighted by molar-refractivity contribution is 0.298. The van der Waals surface area contributed by atoms with Gasteiger partial charge in [-0.05, 0) is 44.9 Å². The normalized spacial score (nSPS) is 17.5. The minimum atomic E-state index is 0.294. The monoisotopic (exact) mass is 206 g/mol. The van der Waals surface area contributed by atoms with Crippen molar-refractivity contribution >= 4 is 0 Å². The summed E-state index contributed by atoms with van der Waals surface area (Å²) in [5.41, 5.74) is 1.05. The maximum absolute atomic E-state index is 5.62. The Morgan fingerprint density at radius 1 is 1.53 bits per heavy atom. The van der Waals surface area contributed by atoms with E-state index in [1.54, 1.807) is 0 Å². The zero-order valence-electron chi connectivity index (χ0n) is 9.36. The highest BCUT2D eigenvalue weighted by Gasteiger charge is 2.21. The molecule has 15 heavy (non-hydrogen) atoms. The van der Waals surface area contributed by atoms with E-state index in [0.717, 1.165) is 24.0 Å². The van der Waals surface area contributed by atoms with Gasteiger partial charge in [-0.3, -0.25) is 4.98 Å². The Balaban J connectivity index is 1.90. The number of aromatic nitrogens is 1. The van der Waals surface area contributed by atoms with Gasteiger partial charge in [0.25, 0.3) is 0 Å². The maximum Gasteiger partial charge on any atom is 0.137 e. The molecule has 1 heterocycles. The first-order valence-electron chi connectivity index (χ1n) is 5.55. The second-order valence-corrected chi connectivity index (χ2v) is 4.18. The standard InChI is InChI=1S/C12H18N2O/c1-9(13-2)12-6-5-11(7-14-12)15-8-10-3-4-10/h5-7,9-10,13H,3-4,8H2,1-2H3. The van der Waals surface area contributed by atoms with E-state index in [1.165, 1.54) is 12.8 Å². The van der Waals surface area contributed by atoms with Gasteiger partial charge in [0.15, 0.2) is 0 Å². The van der Waals surface area contributed by atoms with Gasteiger partial charge in [0.1, 0.15) is 5.75 Å². The molecule has 1 fully saturated rings. The topological polar surface area (TPSA) is 34.1 Å². The molecule has 0 amide bonds. The fraction of sp³-hybridized carbons (Fsp3) is 0.583. The number of hydrogen-bond donors (Lipinski definition) is 1. The predicted molar refractivity (Wildman–Crippen MR) is 59.9 cm³/mol. The molecule has 1 aromatic heterocycles. The van der Waals surface area contributed by atoms with Crippen molar-refractivity contribution in [3.05, 3.63) is 24.0 Å². The molecule has 1 unspecified atom stereocenters. The Labute approximate surface area is 90.9 Å². The van der Waals surface area contributed by atoms with Gasteiger partial charge in [0.05, 0.1) is 18.5 Å². The van der Waals surface area contributed by atoms with E-state index < -0.39 is 0 Å². The van der Waals surface area contributed by atoms with Gasteiger partial charge in [0.2, 0.25) is 0 Å². The van der Waals surface area contributed by atoms with E-state index in [2.05, 4.69) is 17.2 Å². The van der Waals surface area contributed by atoms with Crippen LogP contribution in [0, 0.1) is 5.92 Å². The third-order valence-electron chi connectivity index (χ3n) is 2.82. The number of nitrogens with zero attached hydrogens (tertiary/aromatic N) is 1. The van der Waals surface area contributed by atoms with Crippen LogP contribution < -0.4 is 10.1 Å². The van der Waals surface area contributed by atoms with Crippen molar-refractivity contribution in [2.75, 3.05) is 13.7 Å². The second-order valence-electron chi connectivity index (χ2n) is 4.18. The molecule has 2 rings (SSSR count). The lowest BCUT2D eigenvalue weighted by atomic mass is 10.2. The van der Waals surface area contributed by atoms with Gasteiger partial charge in [-0.2, -0.15) is 0 Å². The van der Waals surface area contributed by atoms with Crippen LogP contribution in [0.4, 0.5) is 0 Å². The zero-order chi connectivity index (χ0) is 10.7. The molecule has 0 radical (unpaired) electrons. The summed E-state index contributed by atoms with van der Waals surface area (Å²) in [6, 6.07) is 4.31. The summed E-state index contributed by atoms with van der Waals surface area (Å²) < 4.78 is 5.62. The average Bonchev–Trinajstić information content (AvgIpc) is 3.10. The van der Waals surface area contributed by atoms with Gasteiger partial charge in [-0.15, -0.1) is 0 Å². The van der Waals surface area contributed by atoms with Crippen LogP contribution in [0.5, 0.6) is 5.75 Å². The molecule has 1 aliphatic carbocycles. The van der Waals surface area contributed by atoms with Crippen molar-refractivity contribution in [1.29, 1.82) is 0 Å². The third kappa shape index (κ3) is 2.93. The number of ether oxygens (including phenoxy) is 1. The first-order valence-corrected chi connectivity index (χ1v) is 5.55. The van der Waals surface area contributed by atoms with Crippen molar-refractivity contribution in [2.24, 2.45) is 5.92 Å². The summed E-state index contributed by atoms with van der Waals surface area (Å²) in [6.45, 7) is 2.94. The molecule has 0 aliphatic heterocycles. The van der Waals surface area contributed by atoms with Crippen LogP contribution in [0.25, 0.3) is 0 Å². The molecule has 0 aromatic carbocycles. The largest absolute Gasteiger partial charge is 0.492 e. The van der Waals surface area contributed by atoms with Gasteiger partial charge in [-0.1, -0.05) is 0 Å². The van der Waals surface area contributed by atoms with Crippen molar-refractivity contribution in [2.45, 2.75) is 25.8 Å². The van der Waals surface area contributed by atoms with Gasteiger partial charge >= 0.3 is 0 Å². The Morgan fingerprint density at radius 3 is 2.87 bits per heavy atom. The number of rotatable bonds is 5. The van der Waals surface area contributed by atoms with Crippen molar-refractivity contribution in [3.63, 3.8) is 0 Å². The lowest BCUT2D eigenvalue weighted by Crippen LogP contribution is -2.13. The summed E-state index contributed by atoms with van der Waals surface area (Å²) >= 11 is 0. The lowest BCUT2D eigenvalue weighted by Gasteiger charge is -2.10. The van der Waals surface area contributed by atoms with Crippen LogP contribution in [0.15, 0.2) is 18.3 Å². The molecule has 1 aliphatic rings. The maximum atomic E-state index is 5.62. The highest BCUT2D eigenvalue weighted by molar-refractivity contribution is 5.21. The smallest absolute Gasteiger partial charge is 0.137 e. The quantitative estimate of drug-likeness (QED) is 0.801. The second kappa shape index (κ2) is 4.62. The van der Waals surface area contributed by atoms with Crippen LogP contribution >= 0.6 is 0 Å². The number of nitrogens with one attached hydrogen (secondary N) is 1. The molecule has 82 valence electrons. The summed E-state index contributed by atoms with van der Waals surface area (Å²) in [7, 11) is 1.93. The summed E-state index contributed by atoms with van der Waals surface area (Å²) in [5.74, 6) is 1.68. The molecular weight excluding hydrogens is 188 g/mol. The van der Waals surface area contributed by atoms with Crippen LogP contribution in [0.3, 0.4) is 0 Å². The van der Waals surface area contributed by atoms with Gasteiger partial charge in [0, 0.05) is 6.04 Å². The molecule has 1 saturated carbocycles. The highest BCUT2D eigenvalue weighted by Crippen LogP contribution is 2.29. The highest BCUT2D eigenvalue weighted by atomic mass is 16.5. The summed E-state index contributed by atoms with van der Waals surface area (Å²) in [5, 5.41) is 3.16. The fourth-order valence-corrected chi connectivity index (χ4v) is 1.38. The van der Waals surface area contributed by atoms with Crippen LogP contribution in [-0.2, 0) is 0 Å². The molecule has 1 atom stereocenters. The third-order valence-corrected chi connectivity index (χ3v) is 2.82. The van der Waals surface area contributed by atoms with E-state index in [1.807, 2.05) is 25.4 Å². The van der Waals surface area contributed by atoms with E-state index in [4.69, 9.17) is 4.74 Å². The summed E-state index contributed by atoms with van der Waals surface area (Å²) in [4.78, 5) is 4.36. The van der Waals surface area contributed by atoms with Crippen molar-refractivity contribution in [1.82, 2.24) is 10.3 Å². The Morgan fingerprint density at radius 2 is 2.33 bits per heavy atom. The fourth-order valence-electron chi connectivity index (χ4n) is 1.38. The number of pyridine rings is 1. The predicted octanol–water partition coefficient (Wildman–Crippen LogP) is 2.15. The molecule has 0 saturated heterocycles. The minimum absolute atomic E-state index is 0.294. The first kappa shape index (κ1) is 10.4. The van der Waals surface area contributed by atoms with Crippen LogP contribution in [-0.4, -0.2) is 18.6 Å². The van der Waals surface area contributed by atoms with E-state index >= 15 is 0 Å².